The second-order valence-corrected chi connectivity index (χ2v) is 12.7. The van der Waals surface area contributed by atoms with Gasteiger partial charge < -0.3 is 23.5 Å². The van der Waals surface area contributed by atoms with Gasteiger partial charge in [0.1, 0.15) is 0 Å². The molecule has 0 unspecified atom stereocenters. The first kappa shape index (κ1) is 34.9. The summed E-state index contributed by atoms with van der Waals surface area (Å²) in [4.78, 5) is 44.9. The Labute approximate surface area is 297 Å². The number of carbonyl (C=O) groups is 2. The molecule has 6 rings (SSSR count). The van der Waals surface area contributed by atoms with Crippen LogP contribution in [0, 0.1) is 18.3 Å². The predicted molar refractivity (Wildman–Crippen MR) is 192 cm³/mol. The third-order valence-corrected chi connectivity index (χ3v) is 9.64. The molecular weight excluding hydrogens is 669 g/mol. The van der Waals surface area contributed by atoms with Crippen molar-refractivity contribution in [1.29, 1.82) is 5.26 Å². The van der Waals surface area contributed by atoms with Gasteiger partial charge in [-0.05, 0) is 75.2 Å². The van der Waals surface area contributed by atoms with Crippen molar-refractivity contribution in [3.63, 3.8) is 0 Å². The number of nitrogens with zero attached hydrogens (tertiary/aromatic N) is 4. The fourth-order valence-corrected chi connectivity index (χ4v) is 7.26. The lowest BCUT2D eigenvalue weighted by Gasteiger charge is -2.25. The molecule has 3 aromatic carbocycles. The Hall–Kier alpha value is -5.93. The summed E-state index contributed by atoms with van der Waals surface area (Å²) in [7, 11) is 1.27. The molecule has 1 atom stereocenters. The van der Waals surface area contributed by atoms with Crippen LogP contribution in [0.4, 0.5) is 0 Å². The van der Waals surface area contributed by atoms with Gasteiger partial charge in [0.05, 0.1) is 53.8 Å². The number of carbonyl (C=O) groups excluding carboxylic acids is 2. The minimum atomic E-state index is -0.880. The van der Waals surface area contributed by atoms with Crippen LogP contribution in [0.25, 0.3) is 17.0 Å². The zero-order chi connectivity index (χ0) is 36.2. The fraction of sp³-hybridized carbons (Fsp3) is 0.256. The van der Waals surface area contributed by atoms with E-state index in [9.17, 15) is 19.6 Å². The average molecular weight is 705 g/mol. The molecule has 0 bridgehead atoms. The number of thiazole rings is 1. The third-order valence-electron chi connectivity index (χ3n) is 8.65. The number of rotatable bonds is 11. The number of nitriles is 1. The van der Waals surface area contributed by atoms with Crippen molar-refractivity contribution in [2.45, 2.75) is 40.3 Å². The maximum absolute atomic E-state index is 14.5. The Balaban J connectivity index is 1.50. The summed E-state index contributed by atoms with van der Waals surface area (Å²) in [5, 5.41) is 10.2. The molecule has 0 radical (unpaired) electrons. The largest absolute Gasteiger partial charge is 0.490 e. The van der Waals surface area contributed by atoms with Crippen molar-refractivity contribution in [2.24, 2.45) is 4.99 Å². The van der Waals surface area contributed by atoms with E-state index in [0.29, 0.717) is 50.8 Å². The van der Waals surface area contributed by atoms with Gasteiger partial charge in [-0.2, -0.15) is 5.26 Å². The molecule has 51 heavy (non-hydrogen) atoms. The van der Waals surface area contributed by atoms with Crippen LogP contribution in [-0.4, -0.2) is 48.0 Å². The number of para-hydroxylation sites is 1. The van der Waals surface area contributed by atoms with Gasteiger partial charge in [-0.25, -0.2) is 14.6 Å². The number of fused-ring (bicyclic) bond motifs is 2. The molecule has 3 heterocycles. The summed E-state index contributed by atoms with van der Waals surface area (Å²) in [6.07, 6.45) is 1.90. The number of methoxy groups -OCH3 is 1. The normalized spacial score (nSPS) is 14.1. The molecular formula is C39H36N4O7S. The van der Waals surface area contributed by atoms with Gasteiger partial charge in [-0.1, -0.05) is 47.7 Å². The highest BCUT2D eigenvalue weighted by Gasteiger charge is 2.34. The number of ether oxygens (including phenoxy) is 4. The predicted octanol–water partition coefficient (Wildman–Crippen LogP) is 4.93. The number of hydrogen-bond acceptors (Lipinski definition) is 10. The van der Waals surface area contributed by atoms with Gasteiger partial charge in [0, 0.05) is 28.7 Å². The summed E-state index contributed by atoms with van der Waals surface area (Å²) in [5.74, 6) is -0.484. The van der Waals surface area contributed by atoms with E-state index in [0.717, 1.165) is 27.7 Å². The molecule has 1 aliphatic heterocycles. The quantitative estimate of drug-likeness (QED) is 0.177. The molecule has 12 heteroatoms. The Morgan fingerprint density at radius 3 is 2.47 bits per heavy atom. The van der Waals surface area contributed by atoms with Crippen LogP contribution in [0.15, 0.2) is 87.8 Å². The first-order valence-electron chi connectivity index (χ1n) is 16.4. The van der Waals surface area contributed by atoms with E-state index in [1.54, 1.807) is 44.2 Å². The second kappa shape index (κ2) is 14.9. The molecule has 0 saturated heterocycles. The Kier molecular flexibility index (Phi) is 10.2. The summed E-state index contributed by atoms with van der Waals surface area (Å²) in [5.41, 5.74) is 5.44. The highest BCUT2D eigenvalue weighted by molar-refractivity contribution is 7.07. The third kappa shape index (κ3) is 6.80. The van der Waals surface area contributed by atoms with E-state index in [4.69, 9.17) is 23.9 Å². The maximum atomic E-state index is 14.5. The van der Waals surface area contributed by atoms with Crippen molar-refractivity contribution < 1.29 is 28.5 Å². The zero-order valence-corrected chi connectivity index (χ0v) is 29.7. The van der Waals surface area contributed by atoms with Crippen molar-refractivity contribution in [1.82, 2.24) is 9.13 Å². The number of hydrogen-bond donors (Lipinski definition) is 0. The summed E-state index contributed by atoms with van der Waals surface area (Å²) in [6.45, 7) is 8.00. The van der Waals surface area contributed by atoms with Crippen molar-refractivity contribution in [3.8, 4) is 17.6 Å². The number of aromatic nitrogens is 2. The van der Waals surface area contributed by atoms with Gasteiger partial charge in [-0.3, -0.25) is 9.36 Å². The maximum Gasteiger partial charge on any atom is 0.343 e. The van der Waals surface area contributed by atoms with Gasteiger partial charge in [-0.15, -0.1) is 0 Å². The fourth-order valence-electron chi connectivity index (χ4n) is 6.23. The van der Waals surface area contributed by atoms with Crippen LogP contribution in [0.2, 0.25) is 0 Å². The molecule has 0 amide bonds. The topological polar surface area (TPSA) is 134 Å². The highest BCUT2D eigenvalue weighted by atomic mass is 32.1. The molecule has 0 N–H and O–H groups in total. The van der Waals surface area contributed by atoms with Gasteiger partial charge in [0.15, 0.2) is 22.9 Å². The van der Waals surface area contributed by atoms with Crippen LogP contribution in [-0.2, 0) is 25.6 Å². The van der Waals surface area contributed by atoms with Crippen LogP contribution >= 0.6 is 11.3 Å². The summed E-state index contributed by atoms with van der Waals surface area (Å²) in [6, 6.07) is 21.9. The Morgan fingerprint density at radius 1 is 1.00 bits per heavy atom. The highest BCUT2D eigenvalue weighted by Crippen LogP contribution is 2.36. The molecule has 2 aromatic heterocycles. The molecule has 0 spiro atoms. The van der Waals surface area contributed by atoms with Gasteiger partial charge in [0.25, 0.3) is 5.56 Å². The minimum absolute atomic E-state index is 0.142. The van der Waals surface area contributed by atoms with Crippen molar-refractivity contribution in [3.05, 3.63) is 126 Å². The van der Waals surface area contributed by atoms with Crippen molar-refractivity contribution >= 4 is 40.3 Å². The number of allylic oxidation sites excluding steroid dienone is 1. The Morgan fingerprint density at radius 2 is 1.76 bits per heavy atom. The molecule has 0 saturated carbocycles. The van der Waals surface area contributed by atoms with E-state index in [2.05, 4.69) is 16.7 Å². The SMILES string of the molecule is CCOC(=O)C1=C(C)N=c2s/c(=C/c3c(C)n(Cc4ccc(C#N)cc4)c4ccccc34)c(=O)n2[C@H]1c1ccc(OCC(=O)OC)c(OCC)c1. The second-order valence-electron chi connectivity index (χ2n) is 11.7. The first-order chi connectivity index (χ1) is 24.7. The van der Waals surface area contributed by atoms with Gasteiger partial charge >= 0.3 is 11.9 Å². The minimum Gasteiger partial charge on any atom is -0.490 e. The van der Waals surface area contributed by atoms with Crippen LogP contribution < -0.4 is 24.4 Å². The van der Waals surface area contributed by atoms with E-state index >= 15 is 0 Å². The lowest BCUT2D eigenvalue weighted by atomic mass is 9.95. The van der Waals surface area contributed by atoms with E-state index < -0.39 is 18.0 Å². The molecule has 5 aromatic rings. The molecule has 0 aliphatic carbocycles. The Bertz CT molecular complexity index is 2410. The molecule has 260 valence electrons. The van der Waals surface area contributed by atoms with E-state index in [1.165, 1.54) is 23.0 Å². The van der Waals surface area contributed by atoms with E-state index in [1.807, 2.05) is 50.3 Å². The zero-order valence-electron chi connectivity index (χ0n) is 28.9. The number of benzene rings is 3. The van der Waals surface area contributed by atoms with Crippen molar-refractivity contribution in [2.75, 3.05) is 26.9 Å². The van der Waals surface area contributed by atoms with Gasteiger partial charge in [0.2, 0.25) is 0 Å². The molecule has 1 aliphatic rings. The monoisotopic (exact) mass is 704 g/mol. The average Bonchev–Trinajstić information content (AvgIpc) is 3.58. The first-order valence-corrected chi connectivity index (χ1v) is 17.2. The summed E-state index contributed by atoms with van der Waals surface area (Å²) >= 11 is 1.25. The standard InChI is InChI=1S/C39H36N4O7S/c1-6-48-32-18-27(16-17-31(32)50-22-34(44)47-5)36-35(38(46)49-7-2)23(3)41-39-43(36)37(45)33(51-39)19-29-24(4)42(30-11-9-8-10-28(29)30)21-26-14-12-25(20-40)13-15-26/h8-19,36H,6-7,21-22H2,1-5H3/b33-19+/t36-/m0/s1. The lowest BCUT2D eigenvalue weighted by molar-refractivity contribution is -0.143. The smallest absolute Gasteiger partial charge is 0.343 e. The van der Waals surface area contributed by atoms with Crippen LogP contribution in [0.1, 0.15) is 54.8 Å². The van der Waals surface area contributed by atoms with E-state index in [-0.39, 0.29) is 24.3 Å². The van der Waals surface area contributed by atoms with Crippen LogP contribution in [0.5, 0.6) is 11.5 Å². The number of esters is 2. The molecule has 0 fully saturated rings. The van der Waals surface area contributed by atoms with Crippen LogP contribution in [0.3, 0.4) is 0 Å². The molecule has 11 nitrogen and oxygen atoms in total. The summed E-state index contributed by atoms with van der Waals surface area (Å²) < 4.78 is 25.9. The lowest BCUT2D eigenvalue weighted by Crippen LogP contribution is -2.40.